The van der Waals surface area contributed by atoms with Crippen LogP contribution in [0, 0.1) is 0 Å². The highest BCUT2D eigenvalue weighted by molar-refractivity contribution is 8.01. The number of anilines is 1. The maximum Gasteiger partial charge on any atom is 0.177 e. The number of rotatable bonds is 0. The molecule has 2 nitrogen and oxygen atoms in total. The molecule has 2 heterocycles. The van der Waals surface area contributed by atoms with Gasteiger partial charge in [0.25, 0.3) is 0 Å². The summed E-state index contributed by atoms with van der Waals surface area (Å²) in [6.45, 7) is 0. The van der Waals surface area contributed by atoms with Crippen molar-refractivity contribution < 1.29 is 4.79 Å². The van der Waals surface area contributed by atoms with E-state index in [-0.39, 0.29) is 5.78 Å². The molecule has 1 aromatic rings. The van der Waals surface area contributed by atoms with E-state index in [1.807, 2.05) is 18.5 Å². The zero-order chi connectivity index (χ0) is 7.84. The lowest BCUT2D eigenvalue weighted by Gasteiger charge is -2.21. The van der Waals surface area contributed by atoms with Gasteiger partial charge in [0.05, 0.1) is 11.3 Å². The normalized spacial score (nSPS) is 16.8. The number of thiophene rings is 1. The number of ketones is 1. The van der Waals surface area contributed by atoms with Gasteiger partial charge in [0.1, 0.15) is 5.00 Å². The number of nitrogens with zero attached hydrogens (tertiary/aromatic N) is 1. The number of Topliss-reactive ketones (excluding diaryl/α,β-unsaturated/α-hetero) is 1. The molecule has 0 aliphatic carbocycles. The van der Waals surface area contributed by atoms with E-state index in [1.165, 1.54) is 0 Å². The molecule has 11 heavy (non-hydrogen) atoms. The van der Waals surface area contributed by atoms with Crippen molar-refractivity contribution in [2.45, 2.75) is 0 Å². The fraction of sp³-hybridized carbons (Fsp3) is 0.286. The lowest BCUT2D eigenvalue weighted by molar-refractivity contribution is 0.102. The van der Waals surface area contributed by atoms with Crippen molar-refractivity contribution in [1.82, 2.24) is 0 Å². The summed E-state index contributed by atoms with van der Waals surface area (Å²) in [6.07, 6.45) is 0. The van der Waals surface area contributed by atoms with Gasteiger partial charge in [0.15, 0.2) is 5.78 Å². The van der Waals surface area contributed by atoms with Gasteiger partial charge >= 0.3 is 0 Å². The smallest absolute Gasteiger partial charge is 0.177 e. The second kappa shape index (κ2) is 2.53. The van der Waals surface area contributed by atoms with Crippen LogP contribution in [0.3, 0.4) is 0 Å². The lowest BCUT2D eigenvalue weighted by atomic mass is 10.2. The molecule has 0 aromatic carbocycles. The van der Waals surface area contributed by atoms with Gasteiger partial charge in [0.2, 0.25) is 0 Å². The van der Waals surface area contributed by atoms with Crippen molar-refractivity contribution in [2.24, 2.45) is 0 Å². The first-order valence-corrected chi connectivity index (χ1v) is 5.08. The Labute approximate surface area is 73.3 Å². The molecule has 58 valence electrons. The molecule has 0 saturated carbocycles. The average Bonchev–Trinajstić information content (AvgIpc) is 2.45. The molecule has 0 N–H and O–H groups in total. The second-order valence-corrected chi connectivity index (χ2v) is 4.32. The van der Waals surface area contributed by atoms with Gasteiger partial charge in [0, 0.05) is 7.05 Å². The minimum Gasteiger partial charge on any atom is -0.310 e. The van der Waals surface area contributed by atoms with E-state index in [0.717, 1.165) is 10.6 Å². The van der Waals surface area contributed by atoms with Gasteiger partial charge in [-0.3, -0.25) is 4.79 Å². The van der Waals surface area contributed by atoms with Crippen LogP contribution in [0.15, 0.2) is 11.4 Å². The Kier molecular flexibility index (Phi) is 1.65. The van der Waals surface area contributed by atoms with Crippen LogP contribution in [0.4, 0.5) is 5.00 Å². The Hall–Kier alpha value is -0.480. The van der Waals surface area contributed by atoms with Gasteiger partial charge in [-0.05, 0) is 23.4 Å². The molecule has 1 aliphatic rings. The first kappa shape index (κ1) is 7.18. The van der Waals surface area contributed by atoms with Gasteiger partial charge in [-0.25, -0.2) is 0 Å². The minimum absolute atomic E-state index is 0.254. The molecule has 0 saturated heterocycles. The van der Waals surface area contributed by atoms with Crippen LogP contribution in [-0.4, -0.2) is 18.6 Å². The number of carbonyl (C=O) groups excluding carboxylic acids is 1. The van der Waals surface area contributed by atoms with Gasteiger partial charge in [-0.1, -0.05) is 0 Å². The molecule has 0 unspecified atom stereocenters. The highest BCUT2D eigenvalue weighted by Gasteiger charge is 2.21. The molecule has 4 heteroatoms. The Bertz CT molecular complexity index is 294. The van der Waals surface area contributed by atoms with Crippen molar-refractivity contribution in [3.05, 3.63) is 17.0 Å². The maximum absolute atomic E-state index is 11.3. The van der Waals surface area contributed by atoms with E-state index in [4.69, 9.17) is 0 Å². The molecule has 2 rings (SSSR count). The van der Waals surface area contributed by atoms with Crippen molar-refractivity contribution in [2.75, 3.05) is 17.1 Å². The third-order valence-corrected chi connectivity index (χ3v) is 3.69. The monoisotopic (exact) mass is 185 g/mol. The predicted octanol–water partition coefficient (Wildman–Crippen LogP) is 2.03. The van der Waals surface area contributed by atoms with Crippen molar-refractivity contribution in [3.63, 3.8) is 0 Å². The van der Waals surface area contributed by atoms with Crippen LogP contribution in [-0.2, 0) is 0 Å². The maximum atomic E-state index is 11.3. The van der Waals surface area contributed by atoms with E-state index in [0.29, 0.717) is 5.75 Å². The summed E-state index contributed by atoms with van der Waals surface area (Å²) in [7, 11) is 1.99. The predicted molar refractivity (Wildman–Crippen MR) is 49.5 cm³/mol. The molecular formula is C7H7NOS2. The third kappa shape index (κ3) is 1.06. The van der Waals surface area contributed by atoms with Gasteiger partial charge in [-0.15, -0.1) is 11.3 Å². The molecule has 0 spiro atoms. The fourth-order valence-corrected chi connectivity index (χ4v) is 2.81. The molecule has 1 aromatic heterocycles. The van der Waals surface area contributed by atoms with Gasteiger partial charge in [-0.2, -0.15) is 0 Å². The zero-order valence-corrected chi connectivity index (χ0v) is 7.67. The second-order valence-electron chi connectivity index (χ2n) is 2.33. The SMILES string of the molecule is CN1SCC(=O)c2ccsc21. The topological polar surface area (TPSA) is 20.3 Å². The van der Waals surface area contributed by atoms with Crippen LogP contribution < -0.4 is 4.31 Å². The van der Waals surface area contributed by atoms with E-state index in [1.54, 1.807) is 23.3 Å². The van der Waals surface area contributed by atoms with Crippen molar-refractivity contribution in [3.8, 4) is 0 Å². The molecule has 0 atom stereocenters. The summed E-state index contributed by atoms with van der Waals surface area (Å²) in [5.74, 6) is 0.838. The van der Waals surface area contributed by atoms with Gasteiger partial charge < -0.3 is 4.31 Å². The van der Waals surface area contributed by atoms with E-state index in [9.17, 15) is 4.79 Å². The molecule has 0 amide bonds. The quantitative estimate of drug-likeness (QED) is 0.577. The summed E-state index contributed by atoms with van der Waals surface area (Å²) >= 11 is 3.19. The zero-order valence-electron chi connectivity index (χ0n) is 6.03. The molecular weight excluding hydrogens is 178 g/mol. The lowest BCUT2D eigenvalue weighted by Crippen LogP contribution is -2.19. The van der Waals surface area contributed by atoms with E-state index in [2.05, 4.69) is 4.31 Å². The van der Waals surface area contributed by atoms with Crippen molar-refractivity contribution in [1.29, 1.82) is 0 Å². The largest absolute Gasteiger partial charge is 0.310 e. The average molecular weight is 185 g/mol. The number of hydrogen-bond acceptors (Lipinski definition) is 4. The molecule has 1 aliphatic heterocycles. The fourth-order valence-electron chi connectivity index (χ4n) is 1.05. The molecule has 0 fully saturated rings. The number of carbonyl (C=O) groups is 1. The summed E-state index contributed by atoms with van der Waals surface area (Å²) < 4.78 is 2.06. The summed E-state index contributed by atoms with van der Waals surface area (Å²) in [5, 5.41) is 3.05. The molecule has 0 radical (unpaired) electrons. The minimum atomic E-state index is 0.254. The number of hydrogen-bond donors (Lipinski definition) is 0. The Morgan fingerprint density at radius 1 is 1.64 bits per heavy atom. The van der Waals surface area contributed by atoms with Crippen LogP contribution in [0.25, 0.3) is 0 Å². The van der Waals surface area contributed by atoms with Crippen LogP contribution in [0.1, 0.15) is 10.4 Å². The highest BCUT2D eigenvalue weighted by atomic mass is 32.2. The highest BCUT2D eigenvalue weighted by Crippen LogP contribution is 2.35. The first-order chi connectivity index (χ1) is 5.29. The van der Waals surface area contributed by atoms with Crippen LogP contribution >= 0.6 is 23.3 Å². The van der Waals surface area contributed by atoms with Crippen LogP contribution in [0.5, 0.6) is 0 Å². The van der Waals surface area contributed by atoms with Crippen LogP contribution in [0.2, 0.25) is 0 Å². The van der Waals surface area contributed by atoms with E-state index < -0.39 is 0 Å². The van der Waals surface area contributed by atoms with E-state index >= 15 is 0 Å². The summed E-state index contributed by atoms with van der Waals surface area (Å²) in [6, 6.07) is 1.90. The Balaban J connectivity index is 2.51. The Morgan fingerprint density at radius 2 is 2.45 bits per heavy atom. The number of fused-ring (bicyclic) bond motifs is 1. The molecule has 0 bridgehead atoms. The Morgan fingerprint density at radius 3 is 3.18 bits per heavy atom. The summed E-state index contributed by atoms with van der Waals surface area (Å²) in [4.78, 5) is 11.3. The standard InChI is InChI=1S/C7H7NOS2/c1-8-7-5(2-3-10-7)6(9)4-11-8/h2-3H,4H2,1H3. The van der Waals surface area contributed by atoms with Crippen molar-refractivity contribution >= 4 is 34.1 Å². The third-order valence-electron chi connectivity index (χ3n) is 1.62. The summed E-state index contributed by atoms with van der Waals surface area (Å²) in [5.41, 5.74) is 0.885. The first-order valence-electron chi connectivity index (χ1n) is 3.26.